The molecular formula is C15H10ClFN4OS. The lowest BCUT2D eigenvalue weighted by molar-refractivity contribution is 0.607. The number of aromatic nitrogens is 3. The minimum Gasteiger partial charge on any atom is -0.353 e. The van der Waals surface area contributed by atoms with Crippen molar-refractivity contribution in [2.75, 3.05) is 0 Å². The highest BCUT2D eigenvalue weighted by Gasteiger charge is 2.16. The number of halogens is 2. The first-order valence-corrected chi connectivity index (χ1v) is 8.25. The van der Waals surface area contributed by atoms with Crippen molar-refractivity contribution in [2.24, 2.45) is 5.14 Å². The lowest BCUT2D eigenvalue weighted by Crippen LogP contribution is -2.05. The van der Waals surface area contributed by atoms with Gasteiger partial charge in [0.15, 0.2) is 0 Å². The highest BCUT2D eigenvalue weighted by atomic mass is 35.5. The number of H-pyrrole nitrogens is 2. The van der Waals surface area contributed by atoms with E-state index in [0.29, 0.717) is 27.3 Å². The summed E-state index contributed by atoms with van der Waals surface area (Å²) in [6, 6.07) is 10.1. The van der Waals surface area contributed by atoms with Crippen molar-refractivity contribution in [2.45, 2.75) is 4.90 Å². The zero-order valence-corrected chi connectivity index (χ0v) is 13.1. The second-order valence-corrected chi connectivity index (χ2v) is 6.55. The molecular weight excluding hydrogens is 339 g/mol. The minimum atomic E-state index is -1.87. The fourth-order valence-electron chi connectivity index (χ4n) is 2.63. The Hall–Kier alpha value is -2.22. The zero-order chi connectivity index (χ0) is 16.1. The van der Waals surface area contributed by atoms with Crippen LogP contribution in [0.15, 0.2) is 41.3 Å². The van der Waals surface area contributed by atoms with Gasteiger partial charge in [0.05, 0.1) is 16.1 Å². The lowest BCUT2D eigenvalue weighted by Gasteiger charge is -1.98. The number of nitrogens with one attached hydrogen (secondary N) is 2. The predicted molar refractivity (Wildman–Crippen MR) is 89.0 cm³/mol. The number of nitrogens with two attached hydrogens (primary N) is 1. The van der Waals surface area contributed by atoms with Crippen LogP contribution in [-0.4, -0.2) is 19.4 Å². The number of fused-ring (bicyclic) bond motifs is 2. The highest BCUT2D eigenvalue weighted by molar-refractivity contribution is 7.82. The van der Waals surface area contributed by atoms with Crippen LogP contribution in [-0.2, 0) is 11.0 Å². The van der Waals surface area contributed by atoms with E-state index in [1.54, 1.807) is 24.3 Å². The SMILES string of the molecule is NS(=O)c1ccc2[nH]c(-c3n[nH]c4cc(Cl)ccc34)cc2c1F. The summed E-state index contributed by atoms with van der Waals surface area (Å²) in [5.41, 5.74) is 2.67. The molecule has 0 radical (unpaired) electrons. The van der Waals surface area contributed by atoms with E-state index in [1.165, 1.54) is 6.07 Å². The Morgan fingerprint density at radius 3 is 2.74 bits per heavy atom. The molecule has 0 saturated carbocycles. The van der Waals surface area contributed by atoms with E-state index in [4.69, 9.17) is 16.7 Å². The molecule has 2 aromatic carbocycles. The Kier molecular flexibility index (Phi) is 3.22. The third kappa shape index (κ3) is 2.24. The first-order valence-electron chi connectivity index (χ1n) is 6.66. The van der Waals surface area contributed by atoms with E-state index >= 15 is 0 Å². The van der Waals surface area contributed by atoms with E-state index in [-0.39, 0.29) is 4.90 Å². The second-order valence-electron chi connectivity index (χ2n) is 5.08. The van der Waals surface area contributed by atoms with Gasteiger partial charge in [-0.25, -0.2) is 13.7 Å². The van der Waals surface area contributed by atoms with Gasteiger partial charge in [0.1, 0.15) is 22.5 Å². The maximum absolute atomic E-state index is 14.4. The van der Waals surface area contributed by atoms with Crippen LogP contribution in [0.1, 0.15) is 0 Å². The summed E-state index contributed by atoms with van der Waals surface area (Å²) in [6.45, 7) is 0. The fourth-order valence-corrected chi connectivity index (χ4v) is 3.29. The van der Waals surface area contributed by atoms with Gasteiger partial charge in [0.2, 0.25) is 0 Å². The van der Waals surface area contributed by atoms with Gasteiger partial charge in [0, 0.05) is 21.3 Å². The van der Waals surface area contributed by atoms with Gasteiger partial charge in [-0.1, -0.05) is 11.6 Å². The molecule has 0 aliphatic carbocycles. The Labute approximate surface area is 137 Å². The largest absolute Gasteiger partial charge is 0.353 e. The fraction of sp³-hybridized carbons (Fsp3) is 0. The molecule has 0 amide bonds. The average molecular weight is 349 g/mol. The molecule has 0 bridgehead atoms. The molecule has 0 aliphatic rings. The van der Waals surface area contributed by atoms with Crippen LogP contribution in [0.2, 0.25) is 5.02 Å². The average Bonchev–Trinajstić information content (AvgIpc) is 3.10. The molecule has 1 unspecified atom stereocenters. The summed E-state index contributed by atoms with van der Waals surface area (Å²) in [7, 11) is -1.87. The van der Waals surface area contributed by atoms with Gasteiger partial charge >= 0.3 is 0 Å². The summed E-state index contributed by atoms with van der Waals surface area (Å²) in [4.78, 5) is 3.09. The molecule has 23 heavy (non-hydrogen) atoms. The number of rotatable bonds is 2. The molecule has 0 spiro atoms. The van der Waals surface area contributed by atoms with Crippen LogP contribution in [0, 0.1) is 5.82 Å². The molecule has 4 rings (SSSR count). The summed E-state index contributed by atoms with van der Waals surface area (Å²) in [6.07, 6.45) is 0. The minimum absolute atomic E-state index is 0.0262. The number of hydrogen-bond acceptors (Lipinski definition) is 2. The topological polar surface area (TPSA) is 87.6 Å². The van der Waals surface area contributed by atoms with Gasteiger partial charge in [-0.05, 0) is 36.4 Å². The molecule has 8 heteroatoms. The predicted octanol–water partition coefficient (Wildman–Crippen LogP) is 3.49. The van der Waals surface area contributed by atoms with Gasteiger partial charge in [-0.3, -0.25) is 5.10 Å². The van der Waals surface area contributed by atoms with Crippen molar-refractivity contribution in [1.29, 1.82) is 0 Å². The lowest BCUT2D eigenvalue weighted by atomic mass is 10.1. The summed E-state index contributed by atoms with van der Waals surface area (Å²) in [5.74, 6) is -0.589. The van der Waals surface area contributed by atoms with Gasteiger partial charge in [0.25, 0.3) is 0 Å². The van der Waals surface area contributed by atoms with Gasteiger partial charge < -0.3 is 4.98 Å². The maximum atomic E-state index is 14.4. The van der Waals surface area contributed by atoms with E-state index in [1.807, 2.05) is 6.07 Å². The third-order valence-corrected chi connectivity index (χ3v) is 4.68. The maximum Gasteiger partial charge on any atom is 0.150 e. The van der Waals surface area contributed by atoms with Crippen LogP contribution in [0.3, 0.4) is 0 Å². The monoisotopic (exact) mass is 348 g/mol. The number of benzene rings is 2. The van der Waals surface area contributed by atoms with Crippen LogP contribution in [0.4, 0.5) is 4.39 Å². The Morgan fingerprint density at radius 1 is 1.13 bits per heavy atom. The Balaban J connectivity index is 1.95. The van der Waals surface area contributed by atoms with Crippen LogP contribution in [0.25, 0.3) is 33.2 Å². The van der Waals surface area contributed by atoms with Crippen LogP contribution >= 0.6 is 11.6 Å². The first-order chi connectivity index (χ1) is 11.0. The number of hydrogen-bond donors (Lipinski definition) is 3. The van der Waals surface area contributed by atoms with Gasteiger partial charge in [-0.2, -0.15) is 5.10 Å². The summed E-state index contributed by atoms with van der Waals surface area (Å²) >= 11 is 5.96. The number of nitrogens with zero attached hydrogens (tertiary/aromatic N) is 1. The van der Waals surface area contributed by atoms with Crippen molar-refractivity contribution >= 4 is 44.4 Å². The second kappa shape index (κ2) is 5.16. The summed E-state index contributed by atoms with van der Waals surface area (Å²) < 4.78 is 25.8. The molecule has 2 heterocycles. The molecule has 1 atom stereocenters. The standard InChI is InChI=1S/C15H10ClFN4OS/c16-7-1-2-8-11(5-7)20-21-15(8)12-6-9-10(19-12)3-4-13(14(9)17)23(18)22/h1-6,19H,18H2,(H,20,21). The molecule has 5 nitrogen and oxygen atoms in total. The van der Waals surface area contributed by atoms with E-state index in [2.05, 4.69) is 15.2 Å². The van der Waals surface area contributed by atoms with Crippen molar-refractivity contribution in [3.05, 3.63) is 47.2 Å². The van der Waals surface area contributed by atoms with Crippen molar-refractivity contribution in [3.63, 3.8) is 0 Å². The molecule has 0 fully saturated rings. The smallest absolute Gasteiger partial charge is 0.150 e. The molecule has 4 N–H and O–H groups in total. The van der Waals surface area contributed by atoms with Crippen molar-refractivity contribution in [3.8, 4) is 11.4 Å². The molecule has 2 aromatic heterocycles. The van der Waals surface area contributed by atoms with E-state index in [0.717, 1.165) is 10.9 Å². The van der Waals surface area contributed by atoms with Crippen molar-refractivity contribution < 1.29 is 8.60 Å². The van der Waals surface area contributed by atoms with Crippen LogP contribution in [0.5, 0.6) is 0 Å². The molecule has 4 aromatic rings. The van der Waals surface area contributed by atoms with E-state index in [9.17, 15) is 8.60 Å². The molecule has 116 valence electrons. The van der Waals surface area contributed by atoms with Gasteiger partial charge in [-0.15, -0.1) is 0 Å². The van der Waals surface area contributed by atoms with Crippen LogP contribution < -0.4 is 5.14 Å². The quantitative estimate of drug-likeness (QED) is 0.518. The molecule has 0 saturated heterocycles. The normalized spacial score (nSPS) is 13.0. The first kappa shape index (κ1) is 14.4. The highest BCUT2D eigenvalue weighted by Crippen LogP contribution is 2.31. The Morgan fingerprint density at radius 2 is 1.96 bits per heavy atom. The molecule has 0 aliphatic heterocycles. The Bertz CT molecular complexity index is 1090. The third-order valence-electron chi connectivity index (χ3n) is 3.70. The van der Waals surface area contributed by atoms with E-state index < -0.39 is 16.8 Å². The summed E-state index contributed by atoms with van der Waals surface area (Å²) in [5, 5.41) is 14.2. The number of aromatic amines is 2. The van der Waals surface area contributed by atoms with Crippen molar-refractivity contribution in [1.82, 2.24) is 15.2 Å². The zero-order valence-electron chi connectivity index (χ0n) is 11.6.